The van der Waals surface area contributed by atoms with Crippen molar-refractivity contribution in [1.82, 2.24) is 14.5 Å². The summed E-state index contributed by atoms with van der Waals surface area (Å²) in [5.41, 5.74) is 1.74. The summed E-state index contributed by atoms with van der Waals surface area (Å²) in [5, 5.41) is 10.7. The number of rotatable bonds is 2. The summed E-state index contributed by atoms with van der Waals surface area (Å²) >= 11 is 8.60. The van der Waals surface area contributed by atoms with Crippen molar-refractivity contribution in [2.45, 2.75) is 0 Å². The van der Waals surface area contributed by atoms with Gasteiger partial charge >= 0.3 is 0 Å². The van der Waals surface area contributed by atoms with E-state index in [0.717, 1.165) is 10.0 Å². The average molecular weight is 427 g/mol. The highest BCUT2D eigenvalue weighted by Gasteiger charge is 2.17. The van der Waals surface area contributed by atoms with E-state index in [1.54, 1.807) is 36.7 Å². The number of halogens is 1. The largest absolute Gasteiger partial charge is 0.494 e. The van der Waals surface area contributed by atoms with Gasteiger partial charge in [0.1, 0.15) is 5.56 Å². The summed E-state index contributed by atoms with van der Waals surface area (Å²) in [6.07, 6.45) is 4.84. The minimum Gasteiger partial charge on any atom is -0.494 e. The van der Waals surface area contributed by atoms with E-state index in [1.165, 1.54) is 4.57 Å². The van der Waals surface area contributed by atoms with Gasteiger partial charge in [-0.1, -0.05) is 15.9 Å². The maximum absolute atomic E-state index is 12.4. The number of allylic oxidation sites excluding steroid dienone is 1. The van der Waals surface area contributed by atoms with E-state index in [1.807, 2.05) is 18.2 Å². The van der Waals surface area contributed by atoms with Crippen LogP contribution in [-0.2, 0) is 0 Å². The molecule has 0 amide bonds. The molecule has 4 rings (SSSR count). The Labute approximate surface area is 161 Å². The molecule has 1 aromatic carbocycles. The van der Waals surface area contributed by atoms with Gasteiger partial charge in [-0.25, -0.2) is 9.98 Å². The van der Waals surface area contributed by atoms with Gasteiger partial charge < -0.3 is 5.11 Å². The summed E-state index contributed by atoms with van der Waals surface area (Å²) in [4.78, 5) is 23.4. The monoisotopic (exact) mass is 426 g/mol. The zero-order chi connectivity index (χ0) is 18.3. The van der Waals surface area contributed by atoms with E-state index in [9.17, 15) is 9.90 Å². The zero-order valence-corrected chi connectivity index (χ0v) is 15.6. The van der Waals surface area contributed by atoms with Crippen molar-refractivity contribution < 1.29 is 5.11 Å². The fourth-order valence-corrected chi connectivity index (χ4v) is 3.24. The third-order valence-corrected chi connectivity index (χ3v) is 4.74. The van der Waals surface area contributed by atoms with Gasteiger partial charge in [0, 0.05) is 28.0 Å². The van der Waals surface area contributed by atoms with Gasteiger partial charge in [-0.05, 0) is 54.7 Å². The molecule has 0 unspecified atom stereocenters. The van der Waals surface area contributed by atoms with Gasteiger partial charge in [0.25, 0.3) is 5.56 Å². The van der Waals surface area contributed by atoms with Crippen LogP contribution >= 0.6 is 28.1 Å². The first-order chi connectivity index (χ1) is 12.5. The van der Waals surface area contributed by atoms with E-state index < -0.39 is 5.56 Å². The Hall–Kier alpha value is -2.84. The second kappa shape index (κ2) is 6.47. The molecule has 0 bridgehead atoms. The minimum atomic E-state index is -0.473. The molecule has 1 aliphatic heterocycles. The summed E-state index contributed by atoms with van der Waals surface area (Å²) in [7, 11) is 0. The van der Waals surface area contributed by atoms with Crippen LogP contribution in [0.3, 0.4) is 0 Å². The number of nitrogens with one attached hydrogen (secondary N) is 1. The van der Waals surface area contributed by atoms with Crippen LogP contribution in [0.2, 0.25) is 0 Å². The smallest absolute Gasteiger partial charge is 0.262 e. The number of fused-ring (bicyclic) bond motifs is 1. The van der Waals surface area contributed by atoms with Crippen molar-refractivity contribution in [2.24, 2.45) is 4.99 Å². The Morgan fingerprint density at radius 3 is 2.77 bits per heavy atom. The number of hydrogen-bond acceptors (Lipinski definition) is 5. The highest BCUT2D eigenvalue weighted by molar-refractivity contribution is 9.10. The molecule has 2 N–H and O–H groups in total. The molecule has 3 aromatic rings. The first-order valence-electron chi connectivity index (χ1n) is 7.60. The molecule has 1 aliphatic rings. The SMILES string of the molecule is O=c1[nH]c(=S)n(-c2ccc(Br)cc2)c(O)c1/C=C1/C=Nc2ncccc21. The molecule has 8 heteroatoms. The molecule has 128 valence electrons. The Kier molecular flexibility index (Phi) is 4.14. The molecule has 0 saturated carbocycles. The van der Waals surface area contributed by atoms with E-state index >= 15 is 0 Å². The summed E-state index contributed by atoms with van der Waals surface area (Å²) in [6.45, 7) is 0. The van der Waals surface area contributed by atoms with Crippen LogP contribution in [0.1, 0.15) is 11.1 Å². The second-order valence-electron chi connectivity index (χ2n) is 5.54. The predicted molar refractivity (Wildman–Crippen MR) is 107 cm³/mol. The van der Waals surface area contributed by atoms with Gasteiger partial charge in [0.05, 0.1) is 5.69 Å². The number of benzene rings is 1. The number of pyridine rings is 1. The fourth-order valence-electron chi connectivity index (χ4n) is 2.69. The number of H-pyrrole nitrogens is 1. The Balaban J connectivity index is 1.91. The lowest BCUT2D eigenvalue weighted by molar-refractivity contribution is 0.432. The molecule has 6 nitrogen and oxygen atoms in total. The summed E-state index contributed by atoms with van der Waals surface area (Å²) in [6, 6.07) is 10.9. The number of aromatic hydroxyl groups is 1. The molecule has 2 aromatic heterocycles. The van der Waals surface area contributed by atoms with Crippen molar-refractivity contribution in [3.05, 3.63) is 73.3 Å². The first kappa shape index (κ1) is 16.6. The molecule has 26 heavy (non-hydrogen) atoms. The minimum absolute atomic E-state index is 0.0969. The van der Waals surface area contributed by atoms with Crippen molar-refractivity contribution >= 4 is 51.8 Å². The lowest BCUT2D eigenvalue weighted by atomic mass is 10.1. The lowest BCUT2D eigenvalue weighted by Gasteiger charge is -2.11. The molecule has 0 radical (unpaired) electrons. The van der Waals surface area contributed by atoms with E-state index in [2.05, 4.69) is 30.9 Å². The zero-order valence-electron chi connectivity index (χ0n) is 13.2. The van der Waals surface area contributed by atoms with Crippen molar-refractivity contribution in [1.29, 1.82) is 0 Å². The quantitative estimate of drug-likeness (QED) is 0.606. The number of hydrogen-bond donors (Lipinski definition) is 2. The molecule has 0 aliphatic carbocycles. The number of nitrogens with zero attached hydrogens (tertiary/aromatic N) is 3. The Morgan fingerprint density at radius 1 is 1.23 bits per heavy atom. The number of aromatic nitrogens is 3. The van der Waals surface area contributed by atoms with Crippen molar-refractivity contribution in [3.8, 4) is 11.6 Å². The number of aromatic amines is 1. The highest BCUT2D eigenvalue weighted by atomic mass is 79.9. The summed E-state index contributed by atoms with van der Waals surface area (Å²) in [5.74, 6) is 0.342. The van der Waals surface area contributed by atoms with E-state index in [4.69, 9.17) is 12.2 Å². The third-order valence-electron chi connectivity index (χ3n) is 3.93. The molecule has 0 spiro atoms. The third kappa shape index (κ3) is 2.83. The van der Waals surface area contributed by atoms with E-state index in [-0.39, 0.29) is 16.2 Å². The van der Waals surface area contributed by atoms with E-state index in [0.29, 0.717) is 17.1 Å². The Bertz CT molecular complexity index is 1190. The molecule has 0 saturated heterocycles. The van der Waals surface area contributed by atoms with Crippen LogP contribution < -0.4 is 5.56 Å². The van der Waals surface area contributed by atoms with Crippen molar-refractivity contribution in [2.75, 3.05) is 0 Å². The van der Waals surface area contributed by atoms with Crippen LogP contribution in [-0.4, -0.2) is 25.9 Å². The maximum atomic E-state index is 12.4. The van der Waals surface area contributed by atoms with Gasteiger partial charge in [0.15, 0.2) is 10.6 Å². The highest BCUT2D eigenvalue weighted by Crippen LogP contribution is 2.31. The molecule has 0 fully saturated rings. The molecular weight excluding hydrogens is 416 g/mol. The topological polar surface area (TPSA) is 83.3 Å². The van der Waals surface area contributed by atoms with Gasteiger partial charge in [-0.3, -0.25) is 14.3 Å². The second-order valence-corrected chi connectivity index (χ2v) is 6.84. The molecular formula is C18H11BrN4O2S. The van der Waals surface area contributed by atoms with Crippen molar-refractivity contribution in [3.63, 3.8) is 0 Å². The maximum Gasteiger partial charge on any atom is 0.262 e. The Morgan fingerprint density at radius 2 is 2.00 bits per heavy atom. The molecule has 3 heterocycles. The van der Waals surface area contributed by atoms with Crippen LogP contribution in [0.5, 0.6) is 5.88 Å². The lowest BCUT2D eigenvalue weighted by Crippen LogP contribution is -2.16. The molecule has 0 atom stereocenters. The predicted octanol–water partition coefficient (Wildman–Crippen LogP) is 4.01. The number of aliphatic imine (C=N–C) groups is 1. The fraction of sp³-hybridized carbons (Fsp3) is 0. The van der Waals surface area contributed by atoms with Crippen LogP contribution in [0.25, 0.3) is 17.3 Å². The van der Waals surface area contributed by atoms with Crippen LogP contribution in [0.4, 0.5) is 5.82 Å². The summed E-state index contributed by atoms with van der Waals surface area (Å²) < 4.78 is 2.41. The first-order valence-corrected chi connectivity index (χ1v) is 8.80. The van der Waals surface area contributed by atoms with Crippen LogP contribution in [0.15, 0.2) is 56.9 Å². The normalized spacial score (nSPS) is 14.0. The average Bonchev–Trinajstić information content (AvgIpc) is 3.03. The van der Waals surface area contributed by atoms with Crippen LogP contribution in [0, 0.1) is 4.77 Å². The van der Waals surface area contributed by atoms with Gasteiger partial charge in [-0.2, -0.15) is 0 Å². The van der Waals surface area contributed by atoms with Gasteiger partial charge in [-0.15, -0.1) is 0 Å². The standard InChI is InChI=1S/C18H11BrN4O2S/c19-11-3-5-12(6-4-11)23-17(25)14(16(24)22-18(23)26)8-10-9-21-15-13(10)2-1-7-20-15/h1-9,25H,(H,22,24,26)/b10-8-. The van der Waals surface area contributed by atoms with Gasteiger partial charge in [0.2, 0.25) is 5.88 Å².